The van der Waals surface area contributed by atoms with Gasteiger partial charge in [-0.15, -0.1) is 6.42 Å². The van der Waals surface area contributed by atoms with Crippen molar-refractivity contribution in [2.24, 2.45) is 0 Å². The van der Waals surface area contributed by atoms with E-state index in [-0.39, 0.29) is 5.97 Å². The van der Waals surface area contributed by atoms with E-state index in [1.807, 2.05) is 24.3 Å². The van der Waals surface area contributed by atoms with Crippen LogP contribution >= 0.6 is 15.9 Å². The molecule has 0 aliphatic heterocycles. The number of esters is 1. The maximum atomic E-state index is 11.8. The Kier molecular flexibility index (Phi) is 5.75. The smallest absolute Gasteiger partial charge is 0.327 e. The van der Waals surface area contributed by atoms with Gasteiger partial charge in [0.1, 0.15) is 6.04 Å². The van der Waals surface area contributed by atoms with Crippen molar-refractivity contribution in [1.29, 1.82) is 0 Å². The summed E-state index contributed by atoms with van der Waals surface area (Å²) in [6.45, 7) is 2.45. The van der Waals surface area contributed by atoms with Gasteiger partial charge in [-0.2, -0.15) is 0 Å². The Hall–Kier alpha value is -1.31. The molecule has 1 aromatic rings. The summed E-state index contributed by atoms with van der Waals surface area (Å²) in [6, 6.07) is 6.95. The maximum Gasteiger partial charge on any atom is 0.327 e. The van der Waals surface area contributed by atoms with E-state index in [0.29, 0.717) is 13.2 Å². The Morgan fingerprint density at radius 3 is 2.71 bits per heavy atom. The van der Waals surface area contributed by atoms with E-state index in [1.54, 1.807) is 6.92 Å². The van der Waals surface area contributed by atoms with Gasteiger partial charge in [-0.05, 0) is 24.6 Å². The van der Waals surface area contributed by atoms with Crippen LogP contribution in [0.3, 0.4) is 0 Å². The van der Waals surface area contributed by atoms with Crippen LogP contribution in [0.1, 0.15) is 18.5 Å². The number of ether oxygens (including phenoxy) is 1. The zero-order chi connectivity index (χ0) is 12.7. The van der Waals surface area contributed by atoms with Crippen molar-refractivity contribution in [1.82, 2.24) is 5.32 Å². The summed E-state index contributed by atoms with van der Waals surface area (Å²) in [7, 11) is 0. The summed E-state index contributed by atoms with van der Waals surface area (Å²) in [5.41, 5.74) is 0.835. The number of nitrogens with one attached hydrogen (secondary N) is 1. The summed E-state index contributed by atoms with van der Waals surface area (Å²) in [5, 5.41) is 2.96. The van der Waals surface area contributed by atoms with Crippen molar-refractivity contribution in [2.45, 2.75) is 13.0 Å². The predicted octanol–water partition coefficient (Wildman–Crippen LogP) is 2.28. The highest BCUT2D eigenvalue weighted by Crippen LogP contribution is 2.18. The number of hydrogen-bond donors (Lipinski definition) is 1. The Labute approximate surface area is 110 Å². The molecule has 0 radical (unpaired) electrons. The number of terminal acetylenes is 1. The molecule has 0 aromatic heterocycles. The standard InChI is InChI=1S/C13H14BrNO2/c1-3-9-15-12(13(16)17-4-2)10-5-7-11(14)8-6-10/h1,5-8,12,15H,4,9H2,2H3. The number of benzene rings is 1. The minimum atomic E-state index is -0.515. The molecule has 0 aliphatic carbocycles. The predicted molar refractivity (Wildman–Crippen MR) is 70.4 cm³/mol. The van der Waals surface area contributed by atoms with Crippen molar-refractivity contribution in [3.05, 3.63) is 34.3 Å². The summed E-state index contributed by atoms with van der Waals surface area (Å²) in [5.74, 6) is 2.13. The lowest BCUT2D eigenvalue weighted by Crippen LogP contribution is -2.30. The first kappa shape index (κ1) is 13.8. The molecule has 0 aliphatic rings. The van der Waals surface area contributed by atoms with E-state index >= 15 is 0 Å². The van der Waals surface area contributed by atoms with Gasteiger partial charge in [0.25, 0.3) is 0 Å². The van der Waals surface area contributed by atoms with E-state index in [4.69, 9.17) is 11.2 Å². The molecule has 90 valence electrons. The lowest BCUT2D eigenvalue weighted by molar-refractivity contribution is -0.145. The van der Waals surface area contributed by atoms with Gasteiger partial charge in [0.2, 0.25) is 0 Å². The van der Waals surface area contributed by atoms with Crippen LogP contribution in [0.4, 0.5) is 0 Å². The topological polar surface area (TPSA) is 38.3 Å². The quantitative estimate of drug-likeness (QED) is 0.669. The van der Waals surface area contributed by atoms with E-state index < -0.39 is 6.04 Å². The molecule has 0 heterocycles. The first-order valence-corrected chi connectivity index (χ1v) is 6.07. The molecule has 1 rings (SSSR count). The first-order valence-electron chi connectivity index (χ1n) is 5.28. The molecule has 0 bridgehead atoms. The lowest BCUT2D eigenvalue weighted by Gasteiger charge is -2.16. The summed E-state index contributed by atoms with van der Waals surface area (Å²) < 4.78 is 5.96. The fourth-order valence-corrected chi connectivity index (χ4v) is 1.64. The van der Waals surface area contributed by atoms with Gasteiger partial charge >= 0.3 is 5.97 Å². The number of carbonyl (C=O) groups excluding carboxylic acids is 1. The summed E-state index contributed by atoms with van der Waals surface area (Å²) >= 11 is 3.35. The summed E-state index contributed by atoms with van der Waals surface area (Å²) in [6.07, 6.45) is 5.18. The van der Waals surface area contributed by atoms with Crippen molar-refractivity contribution in [3.8, 4) is 12.3 Å². The van der Waals surface area contributed by atoms with Gasteiger partial charge in [0, 0.05) is 4.47 Å². The molecule has 0 spiro atoms. The van der Waals surface area contributed by atoms with Crippen LogP contribution in [0.15, 0.2) is 28.7 Å². The second-order valence-electron chi connectivity index (χ2n) is 3.32. The van der Waals surface area contributed by atoms with Crippen LogP contribution in [-0.2, 0) is 9.53 Å². The SMILES string of the molecule is C#CCNC(C(=O)OCC)c1ccc(Br)cc1. The third kappa shape index (κ3) is 4.22. The highest BCUT2D eigenvalue weighted by atomic mass is 79.9. The van der Waals surface area contributed by atoms with Gasteiger partial charge in [-0.1, -0.05) is 34.0 Å². The average Bonchev–Trinajstić information content (AvgIpc) is 2.32. The molecule has 0 saturated carbocycles. The molecule has 0 amide bonds. The molecular weight excluding hydrogens is 282 g/mol. The number of halogens is 1. The van der Waals surface area contributed by atoms with E-state index in [9.17, 15) is 4.79 Å². The Morgan fingerprint density at radius 1 is 1.53 bits per heavy atom. The van der Waals surface area contributed by atoms with Gasteiger partial charge in [0.15, 0.2) is 0 Å². The average molecular weight is 296 g/mol. The molecule has 0 saturated heterocycles. The Morgan fingerprint density at radius 2 is 2.18 bits per heavy atom. The van der Waals surface area contributed by atoms with Crippen LogP contribution < -0.4 is 5.32 Å². The lowest BCUT2D eigenvalue weighted by atomic mass is 10.1. The zero-order valence-electron chi connectivity index (χ0n) is 9.57. The third-order valence-electron chi connectivity index (χ3n) is 2.13. The largest absolute Gasteiger partial charge is 0.465 e. The van der Waals surface area contributed by atoms with Crippen molar-refractivity contribution >= 4 is 21.9 Å². The molecule has 4 heteroatoms. The van der Waals surface area contributed by atoms with Crippen LogP contribution in [0.25, 0.3) is 0 Å². The molecule has 3 nitrogen and oxygen atoms in total. The first-order chi connectivity index (χ1) is 8.19. The Bertz CT molecular complexity index is 408. The molecule has 17 heavy (non-hydrogen) atoms. The number of rotatable bonds is 5. The van der Waals surface area contributed by atoms with Crippen LogP contribution in [0.2, 0.25) is 0 Å². The van der Waals surface area contributed by atoms with Gasteiger partial charge in [0.05, 0.1) is 13.2 Å². The molecule has 1 aromatic carbocycles. The highest BCUT2D eigenvalue weighted by Gasteiger charge is 2.20. The van der Waals surface area contributed by atoms with E-state index in [2.05, 4.69) is 27.2 Å². The van der Waals surface area contributed by atoms with Crippen molar-refractivity contribution in [3.63, 3.8) is 0 Å². The normalized spacial score (nSPS) is 11.6. The molecule has 0 fully saturated rings. The molecule has 1 N–H and O–H groups in total. The molecule has 1 atom stereocenters. The maximum absolute atomic E-state index is 11.8. The van der Waals surface area contributed by atoms with Crippen LogP contribution in [-0.4, -0.2) is 19.1 Å². The monoisotopic (exact) mass is 295 g/mol. The number of carbonyl (C=O) groups is 1. The van der Waals surface area contributed by atoms with Crippen molar-refractivity contribution < 1.29 is 9.53 Å². The van der Waals surface area contributed by atoms with E-state index in [1.165, 1.54) is 0 Å². The molecular formula is C13H14BrNO2. The minimum Gasteiger partial charge on any atom is -0.465 e. The summed E-state index contributed by atoms with van der Waals surface area (Å²) in [4.78, 5) is 11.8. The molecule has 1 unspecified atom stereocenters. The van der Waals surface area contributed by atoms with Crippen LogP contribution in [0, 0.1) is 12.3 Å². The second kappa shape index (κ2) is 7.10. The third-order valence-corrected chi connectivity index (χ3v) is 2.66. The highest BCUT2D eigenvalue weighted by molar-refractivity contribution is 9.10. The fraction of sp³-hybridized carbons (Fsp3) is 0.308. The second-order valence-corrected chi connectivity index (χ2v) is 4.24. The van der Waals surface area contributed by atoms with Gasteiger partial charge in [-0.3, -0.25) is 5.32 Å². The minimum absolute atomic E-state index is 0.315. The van der Waals surface area contributed by atoms with Gasteiger partial charge < -0.3 is 4.74 Å². The van der Waals surface area contributed by atoms with Crippen molar-refractivity contribution in [2.75, 3.05) is 13.2 Å². The van der Waals surface area contributed by atoms with E-state index in [0.717, 1.165) is 10.0 Å². The number of hydrogen-bond acceptors (Lipinski definition) is 3. The van der Waals surface area contributed by atoms with Crippen LogP contribution in [0.5, 0.6) is 0 Å². The zero-order valence-corrected chi connectivity index (χ0v) is 11.2. The fourth-order valence-electron chi connectivity index (χ4n) is 1.38. The van der Waals surface area contributed by atoms with Gasteiger partial charge in [-0.25, -0.2) is 4.79 Å². The Balaban J connectivity index is 2.85.